The molecule has 0 aliphatic carbocycles. The monoisotopic (exact) mass is 373 g/mol. The number of nitrogen functional groups attached to an aromatic ring is 1. The topological polar surface area (TPSA) is 149 Å². The van der Waals surface area contributed by atoms with Gasteiger partial charge in [-0.3, -0.25) is 4.57 Å². The number of fused-ring (bicyclic) bond motifs is 1. The lowest BCUT2D eigenvalue weighted by atomic mass is 10.1. The molecule has 1 aliphatic rings. The zero-order valence-electron chi connectivity index (χ0n) is 14.4. The number of nitrogens with two attached hydrogens (primary N) is 1. The fourth-order valence-electron chi connectivity index (χ4n) is 3.10. The number of rotatable bonds is 4. The lowest BCUT2D eigenvalue weighted by molar-refractivity contribution is -0.0511. The van der Waals surface area contributed by atoms with Crippen LogP contribution in [-0.2, 0) is 4.74 Å². The minimum absolute atomic E-state index is 0.177. The molecule has 10 nitrogen and oxygen atoms in total. The average molecular weight is 373 g/mol. The van der Waals surface area contributed by atoms with Crippen molar-refractivity contribution < 1.29 is 24.8 Å². The number of aliphatic hydroxyl groups is 3. The van der Waals surface area contributed by atoms with Crippen LogP contribution in [0.4, 0.5) is 5.82 Å². The highest BCUT2D eigenvalue weighted by Gasteiger charge is 2.44. The molecule has 0 radical (unpaired) electrons. The maximum atomic E-state index is 10.3. The second-order valence-corrected chi connectivity index (χ2v) is 6.21. The predicted molar refractivity (Wildman–Crippen MR) is 94.7 cm³/mol. The Balaban J connectivity index is 1.78. The molecule has 3 aromatic rings. The van der Waals surface area contributed by atoms with Crippen molar-refractivity contribution in [3.05, 3.63) is 30.6 Å². The van der Waals surface area contributed by atoms with Crippen molar-refractivity contribution in [2.45, 2.75) is 24.5 Å². The van der Waals surface area contributed by atoms with E-state index in [4.69, 9.17) is 15.2 Å². The molecule has 1 aromatic carbocycles. The number of nitrogens with zero attached hydrogens (tertiary/aromatic N) is 4. The normalized spacial score (nSPS) is 25.2. The molecule has 142 valence electrons. The van der Waals surface area contributed by atoms with Crippen molar-refractivity contribution in [3.8, 4) is 17.1 Å². The summed E-state index contributed by atoms with van der Waals surface area (Å²) in [7, 11) is 1.58. The molecule has 10 heteroatoms. The highest BCUT2D eigenvalue weighted by molar-refractivity contribution is 5.83. The second kappa shape index (κ2) is 6.74. The summed E-state index contributed by atoms with van der Waals surface area (Å²) in [5.41, 5.74) is 7.46. The van der Waals surface area contributed by atoms with E-state index in [1.54, 1.807) is 31.4 Å². The van der Waals surface area contributed by atoms with E-state index in [9.17, 15) is 15.3 Å². The molecule has 1 aliphatic heterocycles. The van der Waals surface area contributed by atoms with E-state index in [-0.39, 0.29) is 5.82 Å². The van der Waals surface area contributed by atoms with Gasteiger partial charge in [-0.05, 0) is 24.3 Å². The van der Waals surface area contributed by atoms with Gasteiger partial charge in [0.05, 0.1) is 20.0 Å². The fraction of sp³-hybridized carbons (Fsp3) is 0.353. The van der Waals surface area contributed by atoms with E-state index in [2.05, 4.69) is 15.0 Å². The number of hydrogen-bond acceptors (Lipinski definition) is 9. The molecule has 3 heterocycles. The van der Waals surface area contributed by atoms with Crippen molar-refractivity contribution in [2.75, 3.05) is 19.5 Å². The zero-order valence-corrected chi connectivity index (χ0v) is 14.4. The Morgan fingerprint density at radius 1 is 1.19 bits per heavy atom. The van der Waals surface area contributed by atoms with E-state index in [0.717, 1.165) is 5.56 Å². The third kappa shape index (κ3) is 2.88. The summed E-state index contributed by atoms with van der Waals surface area (Å²) in [6.45, 7) is -0.421. The first-order chi connectivity index (χ1) is 13.0. The molecule has 0 saturated carbocycles. The SMILES string of the molecule is COc1ccc(-c2nc(N)c3ncn([C@H]4O[C@@H](CO)[C@@H](O)[C@H]4O)c3n2)cc1. The number of anilines is 1. The van der Waals surface area contributed by atoms with Gasteiger partial charge in [-0.2, -0.15) is 0 Å². The molecule has 27 heavy (non-hydrogen) atoms. The third-order valence-corrected chi connectivity index (χ3v) is 4.59. The van der Waals surface area contributed by atoms with Crippen LogP contribution in [0.2, 0.25) is 0 Å². The fourth-order valence-corrected chi connectivity index (χ4v) is 3.10. The summed E-state index contributed by atoms with van der Waals surface area (Å²) in [6.07, 6.45) is -2.92. The van der Waals surface area contributed by atoms with Gasteiger partial charge < -0.3 is 30.5 Å². The highest BCUT2D eigenvalue weighted by Crippen LogP contribution is 2.32. The molecule has 5 N–H and O–H groups in total. The van der Waals surface area contributed by atoms with Crippen LogP contribution in [-0.4, -0.2) is 66.9 Å². The number of aliphatic hydroxyl groups excluding tert-OH is 3. The van der Waals surface area contributed by atoms with Gasteiger partial charge in [0, 0.05) is 5.56 Å². The molecular formula is C17H19N5O5. The maximum absolute atomic E-state index is 10.3. The van der Waals surface area contributed by atoms with Gasteiger partial charge in [-0.1, -0.05) is 0 Å². The average Bonchev–Trinajstić information content (AvgIpc) is 3.23. The Labute approximate surface area is 153 Å². The summed E-state index contributed by atoms with van der Waals surface area (Å²) < 4.78 is 12.2. The number of benzene rings is 1. The van der Waals surface area contributed by atoms with Gasteiger partial charge in [0.15, 0.2) is 23.5 Å². The number of imidazole rings is 1. The number of ether oxygens (including phenoxy) is 2. The van der Waals surface area contributed by atoms with Crippen LogP contribution in [0.1, 0.15) is 6.23 Å². The van der Waals surface area contributed by atoms with E-state index in [0.29, 0.717) is 22.7 Å². The van der Waals surface area contributed by atoms with Crippen LogP contribution in [0.5, 0.6) is 5.75 Å². The van der Waals surface area contributed by atoms with Gasteiger partial charge in [0.2, 0.25) is 0 Å². The Bertz CT molecular complexity index is 960. The molecular weight excluding hydrogens is 354 g/mol. The minimum atomic E-state index is -1.25. The van der Waals surface area contributed by atoms with Crippen molar-refractivity contribution in [1.82, 2.24) is 19.5 Å². The third-order valence-electron chi connectivity index (χ3n) is 4.59. The largest absolute Gasteiger partial charge is 0.497 e. The van der Waals surface area contributed by atoms with E-state index >= 15 is 0 Å². The molecule has 0 amide bonds. The van der Waals surface area contributed by atoms with Crippen molar-refractivity contribution in [2.24, 2.45) is 0 Å². The maximum Gasteiger partial charge on any atom is 0.168 e. The van der Waals surface area contributed by atoms with Crippen LogP contribution in [0.15, 0.2) is 30.6 Å². The standard InChI is InChI=1S/C17H19N5O5/c1-26-9-4-2-8(3-5-9)15-20-14(18)11-16(21-15)22(7-19-11)17-13(25)12(24)10(6-23)27-17/h2-5,7,10,12-13,17,23-25H,6H2,1H3,(H2,18,20,21)/t10-,12+,13+,17-/m0/s1. The summed E-state index contributed by atoms with van der Waals surface area (Å²) in [5.74, 6) is 1.25. The Hall–Kier alpha value is -2.79. The predicted octanol–water partition coefficient (Wildman–Crippen LogP) is -0.304. The van der Waals surface area contributed by atoms with Crippen LogP contribution < -0.4 is 10.5 Å². The molecule has 1 saturated heterocycles. The van der Waals surface area contributed by atoms with Gasteiger partial charge in [-0.25, -0.2) is 15.0 Å². The van der Waals surface area contributed by atoms with E-state index in [1.807, 2.05) is 0 Å². The first kappa shape index (κ1) is 17.6. The summed E-state index contributed by atoms with van der Waals surface area (Å²) in [6, 6.07) is 7.16. The lowest BCUT2D eigenvalue weighted by Gasteiger charge is -2.16. The molecule has 0 unspecified atom stereocenters. The minimum Gasteiger partial charge on any atom is -0.497 e. The quantitative estimate of drug-likeness (QED) is 0.483. The highest BCUT2D eigenvalue weighted by atomic mass is 16.6. The molecule has 0 bridgehead atoms. The van der Waals surface area contributed by atoms with E-state index in [1.165, 1.54) is 10.9 Å². The smallest absolute Gasteiger partial charge is 0.168 e. The summed E-state index contributed by atoms with van der Waals surface area (Å²) in [4.78, 5) is 13.0. The number of methoxy groups -OCH3 is 1. The molecule has 2 aromatic heterocycles. The van der Waals surface area contributed by atoms with E-state index < -0.39 is 31.1 Å². The molecule has 4 atom stereocenters. The second-order valence-electron chi connectivity index (χ2n) is 6.21. The van der Waals surface area contributed by atoms with Crippen molar-refractivity contribution in [1.29, 1.82) is 0 Å². The van der Waals surface area contributed by atoms with Crippen LogP contribution in [0, 0.1) is 0 Å². The first-order valence-corrected chi connectivity index (χ1v) is 8.30. The van der Waals surface area contributed by atoms with Gasteiger partial charge >= 0.3 is 0 Å². The molecule has 0 spiro atoms. The van der Waals surface area contributed by atoms with Gasteiger partial charge in [-0.15, -0.1) is 0 Å². The number of aromatic nitrogens is 4. The molecule has 1 fully saturated rings. The first-order valence-electron chi connectivity index (χ1n) is 8.30. The molecule has 4 rings (SSSR count). The lowest BCUT2D eigenvalue weighted by Crippen LogP contribution is -2.33. The van der Waals surface area contributed by atoms with Gasteiger partial charge in [0.1, 0.15) is 29.6 Å². The van der Waals surface area contributed by atoms with Crippen LogP contribution in [0.3, 0.4) is 0 Å². The Morgan fingerprint density at radius 3 is 2.56 bits per heavy atom. The van der Waals surface area contributed by atoms with Crippen LogP contribution >= 0.6 is 0 Å². The summed E-state index contributed by atoms with van der Waals surface area (Å²) >= 11 is 0. The van der Waals surface area contributed by atoms with Crippen molar-refractivity contribution >= 4 is 17.0 Å². The van der Waals surface area contributed by atoms with Crippen LogP contribution in [0.25, 0.3) is 22.6 Å². The zero-order chi connectivity index (χ0) is 19.1. The summed E-state index contributed by atoms with van der Waals surface area (Å²) in [5, 5.41) is 29.6. The number of hydrogen-bond donors (Lipinski definition) is 4. The Morgan fingerprint density at radius 2 is 1.93 bits per heavy atom. The van der Waals surface area contributed by atoms with Crippen molar-refractivity contribution in [3.63, 3.8) is 0 Å². The van der Waals surface area contributed by atoms with Gasteiger partial charge in [0.25, 0.3) is 0 Å². The Kier molecular flexibility index (Phi) is 4.40.